The van der Waals surface area contributed by atoms with Gasteiger partial charge in [0.15, 0.2) is 0 Å². The SMILES string of the molecule is CC(C)(F)c1c(F)cccc1CC1CCCNC1. The molecule has 1 unspecified atom stereocenters. The summed E-state index contributed by atoms with van der Waals surface area (Å²) >= 11 is 0. The quantitative estimate of drug-likeness (QED) is 0.868. The third-order valence-electron chi connectivity index (χ3n) is 3.60. The van der Waals surface area contributed by atoms with E-state index in [9.17, 15) is 8.78 Å². The molecule has 1 atom stereocenters. The van der Waals surface area contributed by atoms with E-state index in [0.29, 0.717) is 5.92 Å². The second kappa shape index (κ2) is 5.35. The highest BCUT2D eigenvalue weighted by molar-refractivity contribution is 5.33. The van der Waals surface area contributed by atoms with Gasteiger partial charge in [0, 0.05) is 5.56 Å². The molecule has 1 aliphatic rings. The Bertz CT molecular complexity index is 403. The molecule has 0 aliphatic carbocycles. The lowest BCUT2D eigenvalue weighted by Crippen LogP contribution is -2.31. The Morgan fingerprint density at radius 2 is 2.17 bits per heavy atom. The summed E-state index contributed by atoms with van der Waals surface area (Å²) in [5.41, 5.74) is -0.574. The van der Waals surface area contributed by atoms with Gasteiger partial charge < -0.3 is 5.32 Å². The summed E-state index contributed by atoms with van der Waals surface area (Å²) in [4.78, 5) is 0. The van der Waals surface area contributed by atoms with Crippen LogP contribution in [0.5, 0.6) is 0 Å². The van der Waals surface area contributed by atoms with Crippen molar-refractivity contribution in [3.05, 3.63) is 35.1 Å². The van der Waals surface area contributed by atoms with Gasteiger partial charge in [0.1, 0.15) is 11.5 Å². The minimum atomic E-state index is -1.62. The van der Waals surface area contributed by atoms with Crippen LogP contribution in [0.15, 0.2) is 18.2 Å². The molecule has 18 heavy (non-hydrogen) atoms. The molecule has 0 radical (unpaired) electrons. The molecule has 1 aromatic carbocycles. The van der Waals surface area contributed by atoms with E-state index in [1.807, 2.05) is 6.07 Å². The summed E-state index contributed by atoms with van der Waals surface area (Å²) < 4.78 is 28.0. The van der Waals surface area contributed by atoms with Crippen molar-refractivity contribution in [2.45, 2.75) is 38.8 Å². The molecule has 1 nitrogen and oxygen atoms in total. The topological polar surface area (TPSA) is 12.0 Å². The molecular weight excluding hydrogens is 232 g/mol. The maximum absolute atomic E-state index is 14.1. The van der Waals surface area contributed by atoms with Crippen molar-refractivity contribution >= 4 is 0 Å². The summed E-state index contributed by atoms with van der Waals surface area (Å²) in [7, 11) is 0. The predicted octanol–water partition coefficient (Wildman–Crippen LogP) is 3.57. The van der Waals surface area contributed by atoms with Crippen LogP contribution >= 0.6 is 0 Å². The molecule has 1 aromatic rings. The van der Waals surface area contributed by atoms with Crippen molar-refractivity contribution in [2.24, 2.45) is 5.92 Å². The third-order valence-corrected chi connectivity index (χ3v) is 3.60. The van der Waals surface area contributed by atoms with Crippen molar-refractivity contribution in [3.8, 4) is 0 Å². The van der Waals surface area contributed by atoms with E-state index in [2.05, 4.69) is 5.32 Å². The lowest BCUT2D eigenvalue weighted by Gasteiger charge is -2.26. The fourth-order valence-electron chi connectivity index (χ4n) is 2.81. The second-order valence-electron chi connectivity index (χ2n) is 5.66. The number of piperidine rings is 1. The van der Waals surface area contributed by atoms with Crippen LogP contribution < -0.4 is 5.32 Å². The minimum Gasteiger partial charge on any atom is -0.316 e. The molecule has 1 aliphatic heterocycles. The summed E-state index contributed by atoms with van der Waals surface area (Å²) in [5, 5.41) is 3.34. The number of hydrogen-bond acceptors (Lipinski definition) is 1. The van der Waals surface area contributed by atoms with E-state index < -0.39 is 11.5 Å². The van der Waals surface area contributed by atoms with Gasteiger partial charge >= 0.3 is 0 Å². The fourth-order valence-corrected chi connectivity index (χ4v) is 2.81. The van der Waals surface area contributed by atoms with Gasteiger partial charge in [0.2, 0.25) is 0 Å². The highest BCUT2D eigenvalue weighted by Gasteiger charge is 2.27. The number of benzene rings is 1. The van der Waals surface area contributed by atoms with Gasteiger partial charge in [-0.05, 0) is 63.7 Å². The van der Waals surface area contributed by atoms with Gasteiger partial charge in [-0.2, -0.15) is 0 Å². The second-order valence-corrected chi connectivity index (χ2v) is 5.66. The predicted molar refractivity (Wildman–Crippen MR) is 69.8 cm³/mol. The molecule has 0 amide bonds. The number of nitrogens with one attached hydrogen (secondary N) is 1. The Kier molecular flexibility index (Phi) is 4.00. The monoisotopic (exact) mass is 253 g/mol. The highest BCUT2D eigenvalue weighted by atomic mass is 19.1. The standard InChI is InChI=1S/C15H21F2N/c1-15(2,17)14-12(6-3-7-13(14)16)9-11-5-4-8-18-10-11/h3,6-7,11,18H,4-5,8-10H2,1-2H3. The van der Waals surface area contributed by atoms with Crippen molar-refractivity contribution < 1.29 is 8.78 Å². The first-order valence-electron chi connectivity index (χ1n) is 6.66. The van der Waals surface area contributed by atoms with Crippen LogP contribution in [0.4, 0.5) is 8.78 Å². The molecule has 0 spiro atoms. The normalized spacial score (nSPS) is 21.0. The number of alkyl halides is 1. The van der Waals surface area contributed by atoms with Gasteiger partial charge in [-0.3, -0.25) is 0 Å². The van der Waals surface area contributed by atoms with Gasteiger partial charge in [-0.1, -0.05) is 12.1 Å². The molecule has 1 N–H and O–H groups in total. The zero-order chi connectivity index (χ0) is 13.2. The number of hydrogen-bond donors (Lipinski definition) is 1. The van der Waals surface area contributed by atoms with Crippen LogP contribution in [0, 0.1) is 11.7 Å². The lowest BCUT2D eigenvalue weighted by atomic mass is 9.86. The van der Waals surface area contributed by atoms with Crippen LogP contribution in [-0.2, 0) is 12.1 Å². The van der Waals surface area contributed by atoms with E-state index in [0.717, 1.165) is 37.9 Å². The smallest absolute Gasteiger partial charge is 0.133 e. The molecule has 100 valence electrons. The van der Waals surface area contributed by atoms with Gasteiger partial charge in [-0.15, -0.1) is 0 Å². The van der Waals surface area contributed by atoms with Crippen molar-refractivity contribution in [2.75, 3.05) is 13.1 Å². The van der Waals surface area contributed by atoms with E-state index >= 15 is 0 Å². The van der Waals surface area contributed by atoms with Crippen LogP contribution in [0.25, 0.3) is 0 Å². The summed E-state index contributed by atoms with van der Waals surface area (Å²) in [5.74, 6) is 0.0606. The zero-order valence-electron chi connectivity index (χ0n) is 11.1. The summed E-state index contributed by atoms with van der Waals surface area (Å²) in [6, 6.07) is 4.88. The molecule has 1 heterocycles. The largest absolute Gasteiger partial charge is 0.316 e. The third kappa shape index (κ3) is 3.08. The van der Waals surface area contributed by atoms with Crippen molar-refractivity contribution in [3.63, 3.8) is 0 Å². The van der Waals surface area contributed by atoms with Crippen LogP contribution in [0.1, 0.15) is 37.8 Å². The molecule has 0 bridgehead atoms. The van der Waals surface area contributed by atoms with Gasteiger partial charge in [-0.25, -0.2) is 8.78 Å². The lowest BCUT2D eigenvalue weighted by molar-refractivity contribution is 0.211. The number of rotatable bonds is 3. The van der Waals surface area contributed by atoms with E-state index in [4.69, 9.17) is 0 Å². The highest BCUT2D eigenvalue weighted by Crippen LogP contribution is 2.32. The molecule has 0 aromatic heterocycles. The van der Waals surface area contributed by atoms with Crippen molar-refractivity contribution in [1.29, 1.82) is 0 Å². The van der Waals surface area contributed by atoms with E-state index in [-0.39, 0.29) is 5.56 Å². The Morgan fingerprint density at radius 3 is 2.78 bits per heavy atom. The number of halogens is 2. The first kappa shape index (κ1) is 13.5. The van der Waals surface area contributed by atoms with Crippen LogP contribution in [0.3, 0.4) is 0 Å². The van der Waals surface area contributed by atoms with E-state index in [1.165, 1.54) is 19.9 Å². The Balaban J connectivity index is 2.24. The Hall–Kier alpha value is -0.960. The zero-order valence-corrected chi connectivity index (χ0v) is 11.1. The summed E-state index contributed by atoms with van der Waals surface area (Å²) in [6.45, 7) is 4.85. The molecule has 3 heteroatoms. The average Bonchev–Trinajstić information content (AvgIpc) is 2.28. The molecular formula is C15H21F2N. The van der Waals surface area contributed by atoms with E-state index in [1.54, 1.807) is 6.07 Å². The summed E-state index contributed by atoms with van der Waals surface area (Å²) in [6.07, 6.45) is 3.04. The first-order valence-corrected chi connectivity index (χ1v) is 6.66. The first-order chi connectivity index (χ1) is 8.48. The van der Waals surface area contributed by atoms with Crippen molar-refractivity contribution in [1.82, 2.24) is 5.32 Å². The Morgan fingerprint density at radius 1 is 1.39 bits per heavy atom. The fraction of sp³-hybridized carbons (Fsp3) is 0.600. The maximum Gasteiger partial charge on any atom is 0.133 e. The maximum atomic E-state index is 14.1. The molecule has 1 fully saturated rings. The molecule has 2 rings (SSSR count). The Labute approximate surface area is 108 Å². The van der Waals surface area contributed by atoms with Crippen LogP contribution in [-0.4, -0.2) is 13.1 Å². The average molecular weight is 253 g/mol. The van der Waals surface area contributed by atoms with Gasteiger partial charge in [0.05, 0.1) is 0 Å². The van der Waals surface area contributed by atoms with Gasteiger partial charge in [0.25, 0.3) is 0 Å². The molecule has 1 saturated heterocycles. The minimum absolute atomic E-state index is 0.232. The van der Waals surface area contributed by atoms with Crippen LogP contribution in [0.2, 0.25) is 0 Å². The molecule has 0 saturated carbocycles.